The number of carbonyl (C=O) groups excluding carboxylic acids is 3. The first kappa shape index (κ1) is 25.2. The summed E-state index contributed by atoms with van der Waals surface area (Å²) in [7, 11) is 0. The van der Waals surface area contributed by atoms with Crippen molar-refractivity contribution in [2.24, 2.45) is 0 Å². The highest BCUT2D eigenvalue weighted by atomic mass is 19.1. The summed E-state index contributed by atoms with van der Waals surface area (Å²) in [5, 5.41) is 0. The third-order valence-corrected chi connectivity index (χ3v) is 6.36. The normalized spacial score (nSPS) is 13.6. The Balaban J connectivity index is 1.41. The van der Waals surface area contributed by atoms with E-state index in [2.05, 4.69) is 0 Å². The Morgan fingerprint density at radius 3 is 2.33 bits per heavy atom. The minimum Gasteiger partial charge on any atom is -0.454 e. The largest absolute Gasteiger partial charge is 0.454 e. The van der Waals surface area contributed by atoms with Gasteiger partial charge in [-0.15, -0.1) is 0 Å². The highest BCUT2D eigenvalue weighted by molar-refractivity contribution is 5.94. The summed E-state index contributed by atoms with van der Waals surface area (Å²) in [6, 6.07) is 12.9. The van der Waals surface area contributed by atoms with Crippen LogP contribution in [0.5, 0.6) is 0 Å². The molecule has 1 aliphatic rings. The van der Waals surface area contributed by atoms with E-state index < -0.39 is 0 Å². The Morgan fingerprint density at radius 1 is 0.972 bits per heavy atom. The van der Waals surface area contributed by atoms with E-state index in [0.29, 0.717) is 57.1 Å². The number of hydrogen-bond acceptors (Lipinski definition) is 4. The van der Waals surface area contributed by atoms with E-state index in [9.17, 15) is 18.8 Å². The van der Waals surface area contributed by atoms with Crippen LogP contribution in [0.15, 0.2) is 59.1 Å². The van der Waals surface area contributed by atoms with Crippen molar-refractivity contribution in [3.05, 3.63) is 83.3 Å². The van der Waals surface area contributed by atoms with Gasteiger partial charge in [-0.2, -0.15) is 0 Å². The highest BCUT2D eigenvalue weighted by Crippen LogP contribution is 2.17. The van der Waals surface area contributed by atoms with E-state index in [1.54, 1.807) is 26.8 Å². The van der Waals surface area contributed by atoms with Crippen LogP contribution in [-0.4, -0.2) is 69.7 Å². The fourth-order valence-corrected chi connectivity index (χ4v) is 4.37. The number of rotatable bonds is 8. The molecule has 36 heavy (non-hydrogen) atoms. The molecule has 0 N–H and O–H groups in total. The molecule has 1 fully saturated rings. The van der Waals surface area contributed by atoms with E-state index >= 15 is 0 Å². The minimum atomic E-state index is -0.378. The number of furan rings is 1. The number of nitrogens with zero attached hydrogens (tertiary/aromatic N) is 4. The molecule has 0 unspecified atom stereocenters. The lowest BCUT2D eigenvalue weighted by atomic mass is 10.2. The zero-order chi connectivity index (χ0) is 25.7. The average Bonchev–Trinajstić information content (AvgIpc) is 3.53. The van der Waals surface area contributed by atoms with Gasteiger partial charge in [-0.25, -0.2) is 4.39 Å². The second-order valence-corrected chi connectivity index (χ2v) is 8.93. The third-order valence-electron chi connectivity index (χ3n) is 6.36. The Hall–Kier alpha value is -3.88. The van der Waals surface area contributed by atoms with Crippen LogP contribution in [0.25, 0.3) is 0 Å². The number of halogens is 1. The predicted molar refractivity (Wildman–Crippen MR) is 132 cm³/mol. The highest BCUT2D eigenvalue weighted by Gasteiger charge is 2.25. The van der Waals surface area contributed by atoms with Gasteiger partial charge in [0.2, 0.25) is 5.91 Å². The number of amides is 3. The number of benzene rings is 1. The zero-order valence-corrected chi connectivity index (χ0v) is 20.7. The molecule has 3 amide bonds. The van der Waals surface area contributed by atoms with Crippen molar-refractivity contribution in [3.8, 4) is 0 Å². The minimum absolute atomic E-state index is 0.0155. The quantitative estimate of drug-likeness (QED) is 0.479. The van der Waals surface area contributed by atoms with Gasteiger partial charge in [0.25, 0.3) is 11.8 Å². The van der Waals surface area contributed by atoms with Gasteiger partial charge < -0.3 is 23.7 Å². The van der Waals surface area contributed by atoms with Crippen LogP contribution < -0.4 is 0 Å². The molecule has 1 aliphatic heterocycles. The van der Waals surface area contributed by atoms with Gasteiger partial charge in [0.15, 0.2) is 5.76 Å². The Morgan fingerprint density at radius 2 is 1.67 bits per heavy atom. The maximum absolute atomic E-state index is 13.3. The summed E-state index contributed by atoms with van der Waals surface area (Å²) in [6.07, 6.45) is 2.70. The predicted octanol–water partition coefficient (Wildman–Crippen LogP) is 3.63. The number of carbonyl (C=O) groups is 3. The molecule has 190 valence electrons. The molecule has 0 saturated carbocycles. The maximum atomic E-state index is 13.3. The molecule has 0 aliphatic carbocycles. The van der Waals surface area contributed by atoms with Gasteiger partial charge in [0.05, 0.1) is 13.1 Å². The average molecular weight is 495 g/mol. The number of piperazine rings is 1. The summed E-state index contributed by atoms with van der Waals surface area (Å²) in [4.78, 5) is 42.6. The molecule has 8 nitrogen and oxygen atoms in total. The second kappa shape index (κ2) is 11.2. The standard InChI is InChI=1S/C27H31FN4O4/c1-3-12-32(26(34)21-6-8-22(28)9-7-21)18-23-5-4-13-31(23)19-24-10-11-25(36-24)27(35)30-16-14-29(15-17-30)20(2)33/h4-11,13H,3,12,14-19H2,1-2H3. The fourth-order valence-electron chi connectivity index (χ4n) is 4.37. The van der Waals surface area contributed by atoms with Crippen LogP contribution in [0.3, 0.4) is 0 Å². The van der Waals surface area contributed by atoms with Gasteiger partial charge in [0.1, 0.15) is 11.6 Å². The number of hydrogen-bond donors (Lipinski definition) is 0. The van der Waals surface area contributed by atoms with Crippen LogP contribution in [0, 0.1) is 5.82 Å². The lowest BCUT2D eigenvalue weighted by Gasteiger charge is -2.33. The van der Waals surface area contributed by atoms with Crippen LogP contribution in [0.1, 0.15) is 52.6 Å². The van der Waals surface area contributed by atoms with Crippen molar-refractivity contribution in [1.82, 2.24) is 19.3 Å². The van der Waals surface area contributed by atoms with E-state index in [1.807, 2.05) is 29.8 Å². The summed E-state index contributed by atoms with van der Waals surface area (Å²) in [5.74, 6) is 0.203. The van der Waals surface area contributed by atoms with Gasteiger partial charge in [0, 0.05) is 57.1 Å². The molecule has 4 rings (SSSR count). The molecule has 0 spiro atoms. The molecule has 3 aromatic rings. The fraction of sp³-hybridized carbons (Fsp3) is 0.370. The molecule has 1 saturated heterocycles. The first-order valence-electron chi connectivity index (χ1n) is 12.2. The molecule has 0 atom stereocenters. The first-order valence-corrected chi connectivity index (χ1v) is 12.2. The van der Waals surface area contributed by atoms with Gasteiger partial charge in [-0.3, -0.25) is 14.4 Å². The van der Waals surface area contributed by atoms with Crippen molar-refractivity contribution in [2.75, 3.05) is 32.7 Å². The molecule has 0 bridgehead atoms. The van der Waals surface area contributed by atoms with E-state index in [4.69, 9.17) is 4.42 Å². The van der Waals surface area contributed by atoms with Crippen LogP contribution >= 0.6 is 0 Å². The lowest BCUT2D eigenvalue weighted by molar-refractivity contribution is -0.130. The summed E-state index contributed by atoms with van der Waals surface area (Å²) in [6.45, 7) is 6.91. The number of aromatic nitrogens is 1. The molecule has 3 heterocycles. The monoisotopic (exact) mass is 494 g/mol. The van der Waals surface area contributed by atoms with E-state index in [1.165, 1.54) is 31.2 Å². The maximum Gasteiger partial charge on any atom is 0.289 e. The summed E-state index contributed by atoms with van der Waals surface area (Å²) < 4.78 is 21.1. The first-order chi connectivity index (χ1) is 17.4. The summed E-state index contributed by atoms with van der Waals surface area (Å²) >= 11 is 0. The lowest BCUT2D eigenvalue weighted by Crippen LogP contribution is -2.50. The molecule has 2 aromatic heterocycles. The van der Waals surface area contributed by atoms with E-state index in [0.717, 1.165) is 12.1 Å². The zero-order valence-electron chi connectivity index (χ0n) is 20.7. The topological polar surface area (TPSA) is 79.0 Å². The van der Waals surface area contributed by atoms with Crippen LogP contribution in [0.4, 0.5) is 4.39 Å². The molecular formula is C27H31FN4O4. The molecule has 9 heteroatoms. The second-order valence-electron chi connectivity index (χ2n) is 8.93. The Kier molecular flexibility index (Phi) is 7.87. The van der Waals surface area contributed by atoms with Gasteiger partial charge >= 0.3 is 0 Å². The molecule has 0 radical (unpaired) electrons. The smallest absolute Gasteiger partial charge is 0.289 e. The van der Waals surface area contributed by atoms with Gasteiger partial charge in [-0.05, 0) is 55.0 Å². The van der Waals surface area contributed by atoms with Crippen LogP contribution in [-0.2, 0) is 17.9 Å². The SMILES string of the molecule is CCCN(Cc1cccn1Cc1ccc(C(=O)N2CCN(C(C)=O)CC2)o1)C(=O)c1ccc(F)cc1. The van der Waals surface area contributed by atoms with Crippen molar-refractivity contribution in [2.45, 2.75) is 33.4 Å². The summed E-state index contributed by atoms with van der Waals surface area (Å²) in [5.41, 5.74) is 1.37. The van der Waals surface area contributed by atoms with Crippen LogP contribution in [0.2, 0.25) is 0 Å². The van der Waals surface area contributed by atoms with Crippen molar-refractivity contribution < 1.29 is 23.2 Å². The van der Waals surface area contributed by atoms with Gasteiger partial charge in [-0.1, -0.05) is 6.92 Å². The molecular weight excluding hydrogens is 463 g/mol. The van der Waals surface area contributed by atoms with Crippen molar-refractivity contribution in [3.63, 3.8) is 0 Å². The Bertz CT molecular complexity index is 1210. The van der Waals surface area contributed by atoms with Crippen molar-refractivity contribution >= 4 is 17.7 Å². The Labute approximate surface area is 209 Å². The molecule has 1 aromatic carbocycles. The van der Waals surface area contributed by atoms with Crippen molar-refractivity contribution in [1.29, 1.82) is 0 Å². The van der Waals surface area contributed by atoms with E-state index in [-0.39, 0.29) is 29.3 Å². The third kappa shape index (κ3) is 5.84.